The maximum atomic E-state index is 12.7. The van der Waals surface area contributed by atoms with Crippen molar-refractivity contribution >= 4 is 40.6 Å². The fraction of sp³-hybridized carbons (Fsp3) is 0.150. The number of hydrogen-bond acceptors (Lipinski definition) is 5. The molecule has 3 rings (SSSR count). The van der Waals surface area contributed by atoms with Gasteiger partial charge in [0.2, 0.25) is 5.91 Å². The van der Waals surface area contributed by atoms with Crippen molar-refractivity contribution in [2.24, 2.45) is 0 Å². The summed E-state index contributed by atoms with van der Waals surface area (Å²) in [7, 11) is 1.61. The van der Waals surface area contributed by atoms with Gasteiger partial charge in [0.25, 0.3) is 5.91 Å². The third-order valence-electron chi connectivity index (χ3n) is 3.85. The van der Waals surface area contributed by atoms with Crippen LogP contribution in [-0.4, -0.2) is 23.8 Å². The van der Waals surface area contributed by atoms with Gasteiger partial charge in [-0.25, -0.2) is 4.98 Å². The Bertz CT molecular complexity index is 909. The topological polar surface area (TPSA) is 71.1 Å². The minimum atomic E-state index is -0.157. The highest BCUT2D eigenvalue weighted by atomic mass is 32.2. The predicted molar refractivity (Wildman–Crippen MR) is 110 cm³/mol. The second-order valence-corrected chi connectivity index (χ2v) is 7.50. The molecular formula is C20H19N3O2S2. The quantitative estimate of drug-likeness (QED) is 0.592. The first-order valence-corrected chi connectivity index (χ1v) is 10.3. The van der Waals surface area contributed by atoms with Crippen molar-refractivity contribution in [3.8, 4) is 0 Å². The summed E-state index contributed by atoms with van der Waals surface area (Å²) >= 11 is 3.16. The van der Waals surface area contributed by atoms with E-state index in [1.165, 1.54) is 0 Å². The Morgan fingerprint density at radius 1 is 1.11 bits per heavy atom. The number of amides is 2. The highest BCUT2D eigenvalue weighted by molar-refractivity contribution is 7.98. The molecule has 0 bridgehead atoms. The van der Waals surface area contributed by atoms with Crippen molar-refractivity contribution in [1.82, 2.24) is 10.3 Å². The summed E-state index contributed by atoms with van der Waals surface area (Å²) in [5.41, 5.74) is 5.04. The van der Waals surface area contributed by atoms with Crippen LogP contribution in [0.1, 0.15) is 21.6 Å². The molecule has 1 heterocycles. The summed E-state index contributed by atoms with van der Waals surface area (Å²) < 4.78 is 0. The van der Waals surface area contributed by atoms with Crippen LogP contribution in [0.5, 0.6) is 0 Å². The van der Waals surface area contributed by atoms with E-state index in [2.05, 4.69) is 15.6 Å². The third-order valence-corrected chi connectivity index (χ3v) is 5.59. The average Bonchev–Trinajstić information content (AvgIpc) is 3.21. The monoisotopic (exact) mass is 397 g/mol. The van der Waals surface area contributed by atoms with Crippen molar-refractivity contribution in [2.75, 3.05) is 12.4 Å². The van der Waals surface area contributed by atoms with E-state index in [0.717, 1.165) is 21.9 Å². The summed E-state index contributed by atoms with van der Waals surface area (Å²) in [5, 5.41) is 7.53. The molecule has 0 fully saturated rings. The minimum Gasteiger partial charge on any atom is -0.359 e. The smallest absolute Gasteiger partial charge is 0.256 e. The molecular weight excluding hydrogens is 378 g/mol. The molecule has 0 aliphatic rings. The van der Waals surface area contributed by atoms with Gasteiger partial charge in [0.05, 0.1) is 23.2 Å². The van der Waals surface area contributed by atoms with Gasteiger partial charge < -0.3 is 10.6 Å². The molecule has 27 heavy (non-hydrogen) atoms. The first-order chi connectivity index (χ1) is 13.2. The minimum absolute atomic E-state index is 0.0437. The van der Waals surface area contributed by atoms with E-state index in [0.29, 0.717) is 17.7 Å². The zero-order valence-corrected chi connectivity index (χ0v) is 16.4. The molecule has 0 atom stereocenters. The van der Waals surface area contributed by atoms with Gasteiger partial charge in [0.1, 0.15) is 0 Å². The van der Waals surface area contributed by atoms with Crippen molar-refractivity contribution in [1.29, 1.82) is 0 Å². The standard InChI is InChI=1S/C20H19N3O2S2/c1-21-19(24)10-14-6-8-15(9-7-14)23-20(25)17-4-2-3-5-18(17)27-12-16-11-26-13-22-16/h2-9,11,13H,10,12H2,1H3,(H,21,24)(H,23,25). The van der Waals surface area contributed by atoms with Crippen LogP contribution in [0.15, 0.2) is 64.3 Å². The van der Waals surface area contributed by atoms with Gasteiger partial charge in [-0.2, -0.15) is 0 Å². The predicted octanol–water partition coefficient (Wildman–Crippen LogP) is 3.98. The number of nitrogens with one attached hydrogen (secondary N) is 2. The molecule has 7 heteroatoms. The van der Waals surface area contributed by atoms with Crippen molar-refractivity contribution in [2.45, 2.75) is 17.1 Å². The fourth-order valence-corrected chi connectivity index (χ4v) is 4.03. The fourth-order valence-electron chi connectivity index (χ4n) is 2.42. The first kappa shape index (κ1) is 19.1. The molecule has 1 aromatic heterocycles. The van der Waals surface area contributed by atoms with E-state index in [1.807, 2.05) is 47.3 Å². The number of hydrogen-bond donors (Lipinski definition) is 2. The summed E-state index contributed by atoms with van der Waals surface area (Å²) in [4.78, 5) is 29.3. The SMILES string of the molecule is CNC(=O)Cc1ccc(NC(=O)c2ccccc2SCc2cscn2)cc1. The molecule has 0 aliphatic carbocycles. The second kappa shape index (κ2) is 9.34. The molecule has 5 nitrogen and oxygen atoms in total. The Balaban J connectivity index is 1.66. The van der Waals surface area contributed by atoms with Crippen LogP contribution in [0, 0.1) is 0 Å². The van der Waals surface area contributed by atoms with E-state index in [-0.39, 0.29) is 11.8 Å². The molecule has 0 aliphatic heterocycles. The van der Waals surface area contributed by atoms with Gasteiger partial charge in [-0.3, -0.25) is 9.59 Å². The molecule has 0 spiro atoms. The Morgan fingerprint density at radius 3 is 2.59 bits per heavy atom. The Hall–Kier alpha value is -2.64. The number of anilines is 1. The van der Waals surface area contributed by atoms with E-state index in [4.69, 9.17) is 0 Å². The van der Waals surface area contributed by atoms with Crippen LogP contribution < -0.4 is 10.6 Å². The second-order valence-electron chi connectivity index (χ2n) is 5.77. The van der Waals surface area contributed by atoms with Crippen LogP contribution in [0.4, 0.5) is 5.69 Å². The third kappa shape index (κ3) is 5.42. The number of rotatable bonds is 7. The molecule has 2 N–H and O–H groups in total. The van der Waals surface area contributed by atoms with Crippen LogP contribution in [0.3, 0.4) is 0 Å². The number of thiazole rings is 1. The van der Waals surface area contributed by atoms with E-state index >= 15 is 0 Å². The summed E-state index contributed by atoms with van der Waals surface area (Å²) in [6.07, 6.45) is 0.320. The number of aromatic nitrogens is 1. The summed E-state index contributed by atoms with van der Waals surface area (Å²) in [6.45, 7) is 0. The van der Waals surface area contributed by atoms with E-state index in [1.54, 1.807) is 42.3 Å². The number of nitrogens with zero attached hydrogens (tertiary/aromatic N) is 1. The number of likely N-dealkylation sites (N-methyl/N-ethyl adjacent to an activating group) is 1. The lowest BCUT2D eigenvalue weighted by molar-refractivity contribution is -0.119. The van der Waals surface area contributed by atoms with Gasteiger partial charge in [-0.05, 0) is 29.8 Å². The highest BCUT2D eigenvalue weighted by Crippen LogP contribution is 2.27. The molecule has 2 amide bonds. The molecule has 3 aromatic rings. The normalized spacial score (nSPS) is 10.4. The molecule has 0 saturated carbocycles. The molecule has 2 aromatic carbocycles. The number of thioether (sulfide) groups is 1. The molecule has 0 unspecified atom stereocenters. The Morgan fingerprint density at radius 2 is 1.89 bits per heavy atom. The number of benzene rings is 2. The summed E-state index contributed by atoms with van der Waals surface area (Å²) in [6, 6.07) is 14.8. The van der Waals surface area contributed by atoms with Gasteiger partial charge in [0.15, 0.2) is 0 Å². The largest absolute Gasteiger partial charge is 0.359 e. The van der Waals surface area contributed by atoms with Crippen LogP contribution in [0.2, 0.25) is 0 Å². The molecule has 138 valence electrons. The highest BCUT2D eigenvalue weighted by Gasteiger charge is 2.12. The van der Waals surface area contributed by atoms with Crippen LogP contribution in [-0.2, 0) is 17.0 Å². The number of carbonyl (C=O) groups excluding carboxylic acids is 2. The maximum Gasteiger partial charge on any atom is 0.256 e. The van der Waals surface area contributed by atoms with Crippen LogP contribution in [0.25, 0.3) is 0 Å². The van der Waals surface area contributed by atoms with E-state index < -0.39 is 0 Å². The molecule has 0 saturated heterocycles. The van der Waals surface area contributed by atoms with Gasteiger partial charge in [0, 0.05) is 28.8 Å². The Labute approximate surface area is 166 Å². The van der Waals surface area contributed by atoms with Crippen molar-refractivity contribution in [3.05, 3.63) is 76.2 Å². The average molecular weight is 398 g/mol. The van der Waals surface area contributed by atoms with Crippen molar-refractivity contribution in [3.63, 3.8) is 0 Å². The lowest BCUT2D eigenvalue weighted by Gasteiger charge is -2.10. The lowest BCUT2D eigenvalue weighted by atomic mass is 10.1. The molecule has 0 radical (unpaired) electrons. The maximum absolute atomic E-state index is 12.7. The Kier molecular flexibility index (Phi) is 6.62. The zero-order valence-electron chi connectivity index (χ0n) is 14.8. The number of carbonyl (C=O) groups is 2. The van der Waals surface area contributed by atoms with E-state index in [9.17, 15) is 9.59 Å². The van der Waals surface area contributed by atoms with Crippen molar-refractivity contribution < 1.29 is 9.59 Å². The lowest BCUT2D eigenvalue weighted by Crippen LogP contribution is -2.19. The van der Waals surface area contributed by atoms with Crippen LogP contribution >= 0.6 is 23.1 Å². The zero-order chi connectivity index (χ0) is 19.1. The summed E-state index contributed by atoms with van der Waals surface area (Å²) in [5.74, 6) is 0.524. The van der Waals surface area contributed by atoms with Gasteiger partial charge >= 0.3 is 0 Å². The van der Waals surface area contributed by atoms with Gasteiger partial charge in [-0.15, -0.1) is 23.1 Å². The van der Waals surface area contributed by atoms with Gasteiger partial charge in [-0.1, -0.05) is 24.3 Å². The first-order valence-electron chi connectivity index (χ1n) is 8.35.